The number of fused-ring (bicyclic) bond motifs is 5. The van der Waals surface area contributed by atoms with E-state index < -0.39 is 10.0 Å². The Labute approximate surface area is 187 Å². The maximum absolute atomic E-state index is 12.5. The zero-order valence-corrected chi connectivity index (χ0v) is 18.2. The summed E-state index contributed by atoms with van der Waals surface area (Å²) in [5, 5.41) is 9.46. The third-order valence-electron chi connectivity index (χ3n) is 4.91. The minimum absolute atomic E-state index is 0.0142. The average Bonchev–Trinajstić information content (AvgIpc) is 3.17. The molecule has 0 aliphatic heterocycles. The number of imidazole rings is 1. The lowest BCUT2D eigenvalue weighted by atomic mass is 10.2. The van der Waals surface area contributed by atoms with Crippen LogP contribution in [0.15, 0.2) is 82.8 Å². The van der Waals surface area contributed by atoms with E-state index in [1.165, 1.54) is 36.0 Å². The van der Waals surface area contributed by atoms with Gasteiger partial charge in [0, 0.05) is 11.1 Å². The molecule has 32 heavy (non-hydrogen) atoms. The second-order valence-corrected chi connectivity index (χ2v) is 9.58. The molecule has 0 fully saturated rings. The largest absolute Gasteiger partial charge is 0.325 e. The van der Waals surface area contributed by atoms with Crippen molar-refractivity contribution in [2.45, 2.75) is 10.1 Å². The van der Waals surface area contributed by atoms with Crippen LogP contribution in [0.3, 0.4) is 0 Å². The molecule has 2 aromatic heterocycles. The van der Waals surface area contributed by atoms with E-state index in [1.807, 2.05) is 52.9 Å². The van der Waals surface area contributed by atoms with Crippen LogP contribution < -0.4 is 10.5 Å². The van der Waals surface area contributed by atoms with Gasteiger partial charge >= 0.3 is 0 Å². The highest BCUT2D eigenvalue weighted by atomic mass is 32.2. The number of hydrogen-bond donors (Lipinski definition) is 2. The predicted molar refractivity (Wildman–Crippen MR) is 125 cm³/mol. The Hall–Kier alpha value is -3.47. The fraction of sp³-hybridized carbons (Fsp3) is 0.0455. The number of anilines is 1. The SMILES string of the molecule is NS(=O)(=O)c1ccc(NC(=O)CSc2nc3ccccc3c3nc4ccccc4n23)cc1. The lowest BCUT2D eigenvalue weighted by Gasteiger charge is -2.09. The van der Waals surface area contributed by atoms with Crippen LogP contribution in [-0.4, -0.2) is 34.4 Å². The van der Waals surface area contributed by atoms with Crippen molar-refractivity contribution < 1.29 is 13.2 Å². The topological polar surface area (TPSA) is 119 Å². The summed E-state index contributed by atoms with van der Waals surface area (Å²) in [5.41, 5.74) is 3.84. The molecule has 0 aliphatic carbocycles. The Bertz CT molecular complexity index is 1600. The number of aromatic nitrogens is 3. The third kappa shape index (κ3) is 3.79. The Morgan fingerprint density at radius 2 is 1.62 bits per heavy atom. The predicted octanol–water partition coefficient (Wildman–Crippen LogP) is 3.41. The van der Waals surface area contributed by atoms with Crippen LogP contribution in [0.1, 0.15) is 0 Å². The maximum Gasteiger partial charge on any atom is 0.238 e. The summed E-state index contributed by atoms with van der Waals surface area (Å²) in [5.74, 6) is -0.130. The number of thioether (sulfide) groups is 1. The summed E-state index contributed by atoms with van der Waals surface area (Å²) < 4.78 is 24.7. The molecule has 0 saturated carbocycles. The standard InChI is InChI=1S/C22H17N5O3S2/c23-32(29,30)15-11-9-14(10-12-15)24-20(28)13-31-22-26-17-6-2-1-5-16(17)21-25-18-7-3-4-8-19(18)27(21)22/h1-12H,13H2,(H,24,28)(H2,23,29,30). The van der Waals surface area contributed by atoms with E-state index in [-0.39, 0.29) is 16.6 Å². The van der Waals surface area contributed by atoms with Crippen molar-refractivity contribution in [1.29, 1.82) is 0 Å². The van der Waals surface area contributed by atoms with E-state index in [1.54, 1.807) is 0 Å². The highest BCUT2D eigenvalue weighted by Crippen LogP contribution is 2.29. The van der Waals surface area contributed by atoms with Crippen LogP contribution in [-0.2, 0) is 14.8 Å². The van der Waals surface area contributed by atoms with Gasteiger partial charge in [0.1, 0.15) is 5.65 Å². The van der Waals surface area contributed by atoms with Gasteiger partial charge in [-0.25, -0.2) is 23.5 Å². The van der Waals surface area contributed by atoms with Gasteiger partial charge in [0.25, 0.3) is 0 Å². The van der Waals surface area contributed by atoms with Crippen LogP contribution >= 0.6 is 11.8 Å². The second-order valence-electron chi connectivity index (χ2n) is 7.08. The molecule has 0 radical (unpaired) electrons. The number of primary sulfonamides is 1. The minimum Gasteiger partial charge on any atom is -0.325 e. The van der Waals surface area contributed by atoms with Crippen molar-refractivity contribution in [3.05, 3.63) is 72.8 Å². The number of nitrogens with zero attached hydrogens (tertiary/aromatic N) is 3. The molecule has 0 saturated heterocycles. The molecule has 0 aliphatic rings. The van der Waals surface area contributed by atoms with Gasteiger partial charge in [-0.1, -0.05) is 36.0 Å². The van der Waals surface area contributed by atoms with Gasteiger partial charge in [-0.05, 0) is 48.5 Å². The van der Waals surface area contributed by atoms with Crippen LogP contribution in [0.2, 0.25) is 0 Å². The number of carbonyl (C=O) groups is 1. The summed E-state index contributed by atoms with van der Waals surface area (Å²) >= 11 is 1.30. The molecular formula is C22H17N5O3S2. The molecular weight excluding hydrogens is 446 g/mol. The van der Waals surface area contributed by atoms with Gasteiger partial charge in [-0.15, -0.1) is 0 Å². The number of hydrogen-bond acceptors (Lipinski definition) is 6. The Morgan fingerprint density at radius 3 is 2.38 bits per heavy atom. The number of nitrogens with one attached hydrogen (secondary N) is 1. The Morgan fingerprint density at radius 1 is 0.938 bits per heavy atom. The van der Waals surface area contributed by atoms with Gasteiger partial charge in [0.05, 0.1) is 27.2 Å². The molecule has 0 bridgehead atoms. The molecule has 5 aromatic rings. The first kappa shape index (κ1) is 20.4. The van der Waals surface area contributed by atoms with Crippen molar-refractivity contribution in [3.63, 3.8) is 0 Å². The molecule has 5 rings (SSSR count). The number of nitrogens with two attached hydrogens (primary N) is 1. The molecule has 1 amide bonds. The highest BCUT2D eigenvalue weighted by molar-refractivity contribution is 7.99. The molecule has 10 heteroatoms. The monoisotopic (exact) mass is 463 g/mol. The third-order valence-corrected chi connectivity index (χ3v) is 6.78. The first-order valence-corrected chi connectivity index (χ1v) is 12.1. The summed E-state index contributed by atoms with van der Waals surface area (Å²) in [6.07, 6.45) is 0. The number of benzene rings is 3. The van der Waals surface area contributed by atoms with Crippen LogP contribution in [0.4, 0.5) is 5.69 Å². The molecule has 3 N–H and O–H groups in total. The molecule has 0 spiro atoms. The van der Waals surface area contributed by atoms with E-state index in [2.05, 4.69) is 5.32 Å². The number of sulfonamides is 1. The fourth-order valence-electron chi connectivity index (χ4n) is 3.47. The van der Waals surface area contributed by atoms with Gasteiger partial charge < -0.3 is 5.32 Å². The molecule has 3 aromatic carbocycles. The molecule has 160 valence electrons. The van der Waals surface area contributed by atoms with Crippen molar-refractivity contribution in [2.24, 2.45) is 5.14 Å². The number of carbonyl (C=O) groups excluding carboxylic acids is 1. The van der Waals surface area contributed by atoms with E-state index in [0.717, 1.165) is 27.6 Å². The maximum atomic E-state index is 12.5. The van der Waals surface area contributed by atoms with Crippen molar-refractivity contribution in [2.75, 3.05) is 11.1 Å². The van der Waals surface area contributed by atoms with Gasteiger partial charge in [-0.2, -0.15) is 0 Å². The Balaban J connectivity index is 1.44. The number of para-hydroxylation sites is 3. The van der Waals surface area contributed by atoms with Crippen LogP contribution in [0.25, 0.3) is 27.6 Å². The molecule has 8 nitrogen and oxygen atoms in total. The number of amides is 1. The van der Waals surface area contributed by atoms with Crippen molar-refractivity contribution in [1.82, 2.24) is 14.4 Å². The second kappa shape index (κ2) is 7.90. The summed E-state index contributed by atoms with van der Waals surface area (Å²) in [6.45, 7) is 0. The zero-order valence-electron chi connectivity index (χ0n) is 16.6. The summed E-state index contributed by atoms with van der Waals surface area (Å²) in [6, 6.07) is 21.3. The summed E-state index contributed by atoms with van der Waals surface area (Å²) in [7, 11) is -3.78. The van der Waals surface area contributed by atoms with Crippen LogP contribution in [0.5, 0.6) is 0 Å². The first-order chi connectivity index (χ1) is 15.4. The van der Waals surface area contributed by atoms with E-state index in [9.17, 15) is 13.2 Å². The lowest BCUT2D eigenvalue weighted by molar-refractivity contribution is -0.113. The van der Waals surface area contributed by atoms with E-state index >= 15 is 0 Å². The van der Waals surface area contributed by atoms with E-state index in [0.29, 0.717) is 10.8 Å². The first-order valence-electron chi connectivity index (χ1n) is 9.61. The van der Waals surface area contributed by atoms with Crippen molar-refractivity contribution >= 4 is 61.0 Å². The van der Waals surface area contributed by atoms with E-state index in [4.69, 9.17) is 15.1 Å². The van der Waals surface area contributed by atoms with Gasteiger partial charge in [-0.3, -0.25) is 9.20 Å². The molecule has 0 unspecified atom stereocenters. The molecule has 0 atom stereocenters. The smallest absolute Gasteiger partial charge is 0.238 e. The zero-order chi connectivity index (χ0) is 22.3. The average molecular weight is 464 g/mol. The fourth-order valence-corrected chi connectivity index (χ4v) is 4.79. The lowest BCUT2D eigenvalue weighted by Crippen LogP contribution is -2.15. The molecule has 2 heterocycles. The quantitative estimate of drug-likeness (QED) is 0.304. The Kier molecular flexibility index (Phi) is 5.04. The van der Waals surface area contributed by atoms with Crippen molar-refractivity contribution in [3.8, 4) is 0 Å². The van der Waals surface area contributed by atoms with Gasteiger partial charge in [0.15, 0.2) is 5.16 Å². The van der Waals surface area contributed by atoms with Crippen LogP contribution in [0, 0.1) is 0 Å². The van der Waals surface area contributed by atoms with Gasteiger partial charge in [0.2, 0.25) is 15.9 Å². The number of rotatable bonds is 5. The minimum atomic E-state index is -3.78. The normalized spacial score (nSPS) is 11.9. The highest BCUT2D eigenvalue weighted by Gasteiger charge is 2.15. The summed E-state index contributed by atoms with van der Waals surface area (Å²) in [4.78, 5) is 22.1.